The standard InChI is InChI=1S/C42H29N.C12H13N3/c1-27-15-16-33(26-40(27)43-2)32-21-22-38-39(25-32)42(35-20-18-29-10-4-6-12-31(29)24-35)37-14-8-7-13-36(37)41(38)34-19-17-28-9-3-5-11-30(28)23-34;1-3-10-12(15-8-7-13-10)11-9(2)5-4-6-14-11/h3-26H,2H2,1H3;4-8H,3H2,1-2H3. The van der Waals surface area contributed by atoms with Crippen LogP contribution in [-0.4, -0.2) is 21.7 Å². The van der Waals surface area contributed by atoms with Gasteiger partial charge in [0, 0.05) is 18.6 Å². The van der Waals surface area contributed by atoms with Crippen molar-refractivity contribution >= 4 is 55.5 Å². The Morgan fingerprint density at radius 1 is 0.431 bits per heavy atom. The maximum Gasteiger partial charge on any atom is 0.110 e. The van der Waals surface area contributed by atoms with E-state index in [2.05, 4.69) is 186 Å². The van der Waals surface area contributed by atoms with E-state index >= 15 is 0 Å². The Morgan fingerprint density at radius 3 is 1.60 bits per heavy atom. The predicted molar refractivity (Wildman–Crippen MR) is 246 cm³/mol. The molecule has 0 aliphatic rings. The van der Waals surface area contributed by atoms with Crippen LogP contribution in [-0.2, 0) is 6.42 Å². The van der Waals surface area contributed by atoms with E-state index in [-0.39, 0.29) is 0 Å². The van der Waals surface area contributed by atoms with Gasteiger partial charge in [-0.15, -0.1) is 0 Å². The van der Waals surface area contributed by atoms with Crippen LogP contribution in [0.4, 0.5) is 5.69 Å². The number of hydrogen-bond acceptors (Lipinski definition) is 4. The average Bonchev–Trinajstić information content (AvgIpc) is 3.28. The molecule has 278 valence electrons. The highest BCUT2D eigenvalue weighted by Gasteiger charge is 2.18. The molecule has 0 aliphatic heterocycles. The van der Waals surface area contributed by atoms with Crippen molar-refractivity contribution in [3.8, 4) is 44.8 Å². The van der Waals surface area contributed by atoms with Gasteiger partial charge in [-0.3, -0.25) is 19.9 Å². The fourth-order valence-corrected chi connectivity index (χ4v) is 8.19. The maximum absolute atomic E-state index is 4.36. The van der Waals surface area contributed by atoms with Crippen molar-refractivity contribution in [2.45, 2.75) is 27.2 Å². The minimum absolute atomic E-state index is 0.874. The van der Waals surface area contributed by atoms with Crippen molar-refractivity contribution in [2.75, 3.05) is 0 Å². The van der Waals surface area contributed by atoms with Crippen LogP contribution in [0.15, 0.2) is 181 Å². The summed E-state index contributed by atoms with van der Waals surface area (Å²) in [6.45, 7) is 10.00. The molecule has 2 heterocycles. The van der Waals surface area contributed by atoms with Crippen LogP contribution in [0.5, 0.6) is 0 Å². The zero-order chi connectivity index (χ0) is 39.6. The first-order valence-corrected chi connectivity index (χ1v) is 19.8. The number of aliphatic imine (C=N–C) groups is 1. The fourth-order valence-electron chi connectivity index (χ4n) is 8.19. The first-order valence-electron chi connectivity index (χ1n) is 19.8. The summed E-state index contributed by atoms with van der Waals surface area (Å²) in [7, 11) is 0. The Kier molecular flexibility index (Phi) is 9.83. The van der Waals surface area contributed by atoms with E-state index in [4.69, 9.17) is 0 Å². The van der Waals surface area contributed by atoms with Gasteiger partial charge >= 0.3 is 0 Å². The number of nitrogens with zero attached hydrogens (tertiary/aromatic N) is 4. The number of fused-ring (bicyclic) bond motifs is 4. The van der Waals surface area contributed by atoms with Gasteiger partial charge < -0.3 is 0 Å². The van der Waals surface area contributed by atoms with Crippen LogP contribution in [0.25, 0.3) is 87.9 Å². The summed E-state index contributed by atoms with van der Waals surface area (Å²) in [4.78, 5) is 17.3. The molecular weight excluding hydrogens is 705 g/mol. The molecule has 0 bridgehead atoms. The summed E-state index contributed by atoms with van der Waals surface area (Å²) < 4.78 is 0. The Labute approximate surface area is 339 Å². The zero-order valence-electron chi connectivity index (χ0n) is 32.9. The van der Waals surface area contributed by atoms with Gasteiger partial charge in [-0.05, 0) is 145 Å². The van der Waals surface area contributed by atoms with Gasteiger partial charge in [-0.2, -0.15) is 0 Å². The van der Waals surface area contributed by atoms with Crippen molar-refractivity contribution in [3.05, 3.63) is 193 Å². The second kappa shape index (κ2) is 15.7. The van der Waals surface area contributed by atoms with E-state index < -0.39 is 0 Å². The van der Waals surface area contributed by atoms with Gasteiger partial charge in [0.15, 0.2) is 0 Å². The largest absolute Gasteiger partial charge is 0.264 e. The molecule has 0 unspecified atom stereocenters. The summed E-state index contributed by atoms with van der Waals surface area (Å²) in [6.07, 6.45) is 6.10. The molecule has 58 heavy (non-hydrogen) atoms. The van der Waals surface area contributed by atoms with E-state index in [0.717, 1.165) is 45.9 Å². The van der Waals surface area contributed by atoms with Crippen molar-refractivity contribution in [1.82, 2.24) is 15.0 Å². The number of hydrogen-bond donors (Lipinski definition) is 0. The van der Waals surface area contributed by atoms with E-state index in [9.17, 15) is 0 Å². The molecule has 4 heteroatoms. The van der Waals surface area contributed by atoms with E-state index in [1.54, 1.807) is 18.6 Å². The van der Waals surface area contributed by atoms with Gasteiger partial charge in [0.1, 0.15) is 5.69 Å². The molecule has 10 aromatic rings. The van der Waals surface area contributed by atoms with Crippen LogP contribution in [0.2, 0.25) is 0 Å². The Morgan fingerprint density at radius 2 is 0.966 bits per heavy atom. The second-order valence-corrected chi connectivity index (χ2v) is 14.7. The minimum Gasteiger partial charge on any atom is -0.264 e. The van der Waals surface area contributed by atoms with Crippen LogP contribution in [0.1, 0.15) is 23.7 Å². The van der Waals surface area contributed by atoms with E-state index in [1.165, 1.54) is 70.9 Å². The summed E-state index contributed by atoms with van der Waals surface area (Å²) in [5.74, 6) is 0. The second-order valence-electron chi connectivity index (χ2n) is 14.7. The summed E-state index contributed by atoms with van der Waals surface area (Å²) in [6, 6.07) is 57.2. The molecule has 0 atom stereocenters. The number of aromatic nitrogens is 3. The van der Waals surface area contributed by atoms with Crippen LogP contribution in [0.3, 0.4) is 0 Å². The van der Waals surface area contributed by atoms with Crippen molar-refractivity contribution < 1.29 is 0 Å². The lowest BCUT2D eigenvalue weighted by atomic mass is 9.84. The maximum atomic E-state index is 4.36. The number of rotatable bonds is 6. The minimum atomic E-state index is 0.874. The fraction of sp³-hybridized carbons (Fsp3) is 0.0741. The highest BCUT2D eigenvalue weighted by atomic mass is 14.8. The topological polar surface area (TPSA) is 51.0 Å². The Bertz CT molecular complexity index is 3160. The van der Waals surface area contributed by atoms with Gasteiger partial charge in [-0.25, -0.2) is 0 Å². The van der Waals surface area contributed by atoms with E-state index in [1.807, 2.05) is 19.1 Å². The van der Waals surface area contributed by atoms with Gasteiger partial charge in [0.2, 0.25) is 0 Å². The number of aryl methyl sites for hydroxylation is 3. The van der Waals surface area contributed by atoms with Crippen LogP contribution < -0.4 is 0 Å². The molecule has 0 N–H and O–H groups in total. The smallest absolute Gasteiger partial charge is 0.110 e. The normalized spacial score (nSPS) is 11.2. The lowest BCUT2D eigenvalue weighted by Crippen LogP contribution is -1.98. The lowest BCUT2D eigenvalue weighted by molar-refractivity contribution is 0.997. The summed E-state index contributed by atoms with van der Waals surface area (Å²) in [5, 5.41) is 9.98. The summed E-state index contributed by atoms with van der Waals surface area (Å²) >= 11 is 0. The van der Waals surface area contributed by atoms with Gasteiger partial charge in [-0.1, -0.05) is 134 Å². The van der Waals surface area contributed by atoms with Crippen molar-refractivity contribution in [2.24, 2.45) is 4.99 Å². The van der Waals surface area contributed by atoms with Gasteiger partial charge in [0.25, 0.3) is 0 Å². The molecule has 4 nitrogen and oxygen atoms in total. The molecule has 8 aromatic carbocycles. The predicted octanol–water partition coefficient (Wildman–Crippen LogP) is 14.4. The zero-order valence-corrected chi connectivity index (χ0v) is 32.9. The molecule has 0 saturated heterocycles. The number of benzene rings is 8. The SMILES string of the molecule is C=Nc1cc(-c2ccc3c(-c4ccc5ccccc5c4)c4ccccc4c(-c4ccc5ccccc5c4)c3c2)ccc1C.CCc1nccnc1-c1ncccc1C. The third kappa shape index (κ3) is 6.79. The third-order valence-electron chi connectivity index (χ3n) is 11.2. The van der Waals surface area contributed by atoms with Crippen LogP contribution in [0, 0.1) is 13.8 Å². The average molecular weight is 747 g/mol. The quantitative estimate of drug-likeness (QED) is 0.126. The molecule has 2 aromatic heterocycles. The van der Waals surface area contributed by atoms with E-state index in [0.29, 0.717) is 0 Å². The number of pyridine rings is 1. The molecule has 10 rings (SSSR count). The summed E-state index contributed by atoms with van der Waals surface area (Å²) in [5.41, 5.74) is 13.3. The molecular formula is C54H42N4. The Balaban J connectivity index is 0.000000245. The molecule has 0 fully saturated rings. The highest BCUT2D eigenvalue weighted by Crippen LogP contribution is 2.46. The highest BCUT2D eigenvalue weighted by molar-refractivity contribution is 6.22. The third-order valence-corrected chi connectivity index (χ3v) is 11.2. The molecule has 0 radical (unpaired) electrons. The van der Waals surface area contributed by atoms with Crippen molar-refractivity contribution in [1.29, 1.82) is 0 Å². The first kappa shape index (κ1) is 36.3. The molecule has 0 amide bonds. The molecule has 0 spiro atoms. The molecule has 0 saturated carbocycles. The monoisotopic (exact) mass is 746 g/mol. The van der Waals surface area contributed by atoms with Gasteiger partial charge in [0.05, 0.1) is 17.1 Å². The van der Waals surface area contributed by atoms with Crippen molar-refractivity contribution in [3.63, 3.8) is 0 Å². The first-order chi connectivity index (χ1) is 28.5. The lowest BCUT2D eigenvalue weighted by Gasteiger charge is -2.19. The molecule has 0 aliphatic carbocycles. The van der Waals surface area contributed by atoms with Crippen LogP contribution >= 0.6 is 0 Å². The Hall–Kier alpha value is -7.30.